The molecule has 3 rings (SSSR count). The van der Waals surface area contributed by atoms with Crippen LogP contribution in [0.3, 0.4) is 0 Å². The maximum Gasteiger partial charge on any atom is 0.271 e. The smallest absolute Gasteiger partial charge is 0.271 e. The molecule has 0 atom stereocenters. The molecule has 0 saturated carbocycles. The summed E-state index contributed by atoms with van der Waals surface area (Å²) in [6.07, 6.45) is 3.42. The topological polar surface area (TPSA) is 64.9 Å². The number of hydrogen-bond donors (Lipinski definition) is 2. The number of fused-ring (bicyclic) bond motifs is 1. The number of carbonyl (C=O) groups is 1. The van der Waals surface area contributed by atoms with E-state index in [1.54, 1.807) is 18.2 Å². The Morgan fingerprint density at radius 3 is 2.71 bits per heavy atom. The molecule has 0 unspecified atom stereocenters. The van der Waals surface area contributed by atoms with Crippen molar-refractivity contribution >= 4 is 46.0 Å². The van der Waals surface area contributed by atoms with Gasteiger partial charge in [0.25, 0.3) is 5.91 Å². The van der Waals surface area contributed by atoms with E-state index in [1.165, 1.54) is 18.3 Å². The van der Waals surface area contributed by atoms with E-state index < -0.39 is 11.7 Å². The Balaban J connectivity index is 1.82. The van der Waals surface area contributed by atoms with Crippen LogP contribution in [0.2, 0.25) is 0 Å². The number of benzene rings is 2. The molecule has 1 amide bonds. The Bertz CT molecular complexity index is 1010. The summed E-state index contributed by atoms with van der Waals surface area (Å²) < 4.78 is 15.2. The molecule has 0 aliphatic carbocycles. The van der Waals surface area contributed by atoms with Crippen LogP contribution in [-0.4, -0.2) is 29.8 Å². The van der Waals surface area contributed by atoms with Gasteiger partial charge in [-0.25, -0.2) is 9.82 Å². The van der Waals surface area contributed by atoms with Crippen LogP contribution in [-0.2, 0) is 0 Å². The van der Waals surface area contributed by atoms with Gasteiger partial charge in [-0.2, -0.15) is 5.10 Å². The maximum atomic E-state index is 14.6. The molecule has 1 heterocycles. The zero-order valence-corrected chi connectivity index (χ0v) is 18.2. The number of halogens is 2. The second-order valence-electron chi connectivity index (χ2n) is 7.30. The second kappa shape index (κ2) is 7.54. The second-order valence-corrected chi connectivity index (χ2v) is 8.46. The van der Waals surface area contributed by atoms with E-state index in [0.29, 0.717) is 3.57 Å². The fourth-order valence-electron chi connectivity index (χ4n) is 3.17. The average Bonchev–Trinajstić information content (AvgIpc) is 2.62. The van der Waals surface area contributed by atoms with Crippen molar-refractivity contribution in [3.05, 3.63) is 62.5 Å². The molecular formula is C21H21FIN3O2. The SMILES string of the molecule is CC1=CC(C)(C)N(C)c2cc(F)c(/C=N\NC(=O)c3ccc(I)c(O)c3)cc21. The molecule has 0 aromatic heterocycles. The zero-order valence-electron chi connectivity index (χ0n) is 16.0. The molecule has 2 N–H and O–H groups in total. The maximum absolute atomic E-state index is 14.6. The highest BCUT2D eigenvalue weighted by atomic mass is 127. The van der Waals surface area contributed by atoms with E-state index in [2.05, 4.69) is 30.5 Å². The number of nitrogens with one attached hydrogen (secondary N) is 1. The van der Waals surface area contributed by atoms with Gasteiger partial charge in [0.05, 0.1) is 15.3 Å². The van der Waals surface area contributed by atoms with Gasteiger partial charge in [0.15, 0.2) is 0 Å². The molecule has 5 nitrogen and oxygen atoms in total. The van der Waals surface area contributed by atoms with Crippen LogP contribution in [0, 0.1) is 9.39 Å². The van der Waals surface area contributed by atoms with Gasteiger partial charge < -0.3 is 10.0 Å². The first-order chi connectivity index (χ1) is 13.1. The molecule has 0 spiro atoms. The summed E-state index contributed by atoms with van der Waals surface area (Å²) in [5.74, 6) is -0.882. The number of likely N-dealkylation sites (N-methyl/N-ethyl adjacent to an activating group) is 1. The van der Waals surface area contributed by atoms with Gasteiger partial charge in [-0.05, 0) is 79.3 Å². The molecule has 1 aliphatic heterocycles. The van der Waals surface area contributed by atoms with E-state index in [9.17, 15) is 14.3 Å². The van der Waals surface area contributed by atoms with Crippen LogP contribution >= 0.6 is 22.6 Å². The van der Waals surface area contributed by atoms with Gasteiger partial charge in [0, 0.05) is 29.4 Å². The minimum atomic E-state index is -0.487. The number of phenolic OH excluding ortho intramolecular Hbond substituents is 1. The van der Waals surface area contributed by atoms with E-state index in [1.807, 2.05) is 41.5 Å². The van der Waals surface area contributed by atoms with Crippen LogP contribution in [0.25, 0.3) is 5.57 Å². The third-order valence-corrected chi connectivity index (χ3v) is 5.83. The van der Waals surface area contributed by atoms with Gasteiger partial charge in [-0.3, -0.25) is 4.79 Å². The van der Waals surface area contributed by atoms with E-state index >= 15 is 0 Å². The summed E-state index contributed by atoms with van der Waals surface area (Å²) in [4.78, 5) is 14.2. The summed E-state index contributed by atoms with van der Waals surface area (Å²) in [6, 6.07) is 7.79. The number of rotatable bonds is 3. The van der Waals surface area contributed by atoms with Crippen LogP contribution in [0.1, 0.15) is 42.3 Å². The fourth-order valence-corrected chi connectivity index (χ4v) is 3.50. The normalized spacial score (nSPS) is 15.4. The highest BCUT2D eigenvalue weighted by Crippen LogP contribution is 2.38. The molecule has 0 saturated heterocycles. The number of phenols is 1. The Morgan fingerprint density at radius 1 is 1.32 bits per heavy atom. The van der Waals surface area contributed by atoms with E-state index in [4.69, 9.17) is 0 Å². The molecule has 7 heteroatoms. The summed E-state index contributed by atoms with van der Waals surface area (Å²) in [5.41, 5.74) is 5.52. The standard InChI is InChI=1S/C21H21FIN3O2/c1-12-10-21(2,3)26(4)18-9-16(22)14(7-15(12)18)11-24-25-20(28)13-5-6-17(23)19(27)8-13/h5-11,27H,1-4H3,(H,25,28)/b24-11-. The Kier molecular flexibility index (Phi) is 5.47. The first-order valence-corrected chi connectivity index (χ1v) is 9.77. The van der Waals surface area contributed by atoms with Crippen molar-refractivity contribution in [3.63, 3.8) is 0 Å². The van der Waals surface area contributed by atoms with Gasteiger partial charge in [0.2, 0.25) is 0 Å². The lowest BCUT2D eigenvalue weighted by atomic mass is 9.88. The number of amides is 1. The van der Waals surface area contributed by atoms with Crippen molar-refractivity contribution in [2.24, 2.45) is 5.10 Å². The highest BCUT2D eigenvalue weighted by Gasteiger charge is 2.29. The molecule has 146 valence electrons. The van der Waals surface area contributed by atoms with Crippen LogP contribution in [0.4, 0.5) is 10.1 Å². The molecule has 1 aliphatic rings. The molecular weight excluding hydrogens is 472 g/mol. The van der Waals surface area contributed by atoms with Crippen LogP contribution in [0.5, 0.6) is 5.75 Å². The molecule has 0 bridgehead atoms. The minimum absolute atomic E-state index is 0.0206. The third-order valence-electron chi connectivity index (χ3n) is 4.91. The number of allylic oxidation sites excluding steroid dienone is 1. The zero-order chi connectivity index (χ0) is 20.6. The Labute approximate surface area is 177 Å². The number of hydrazone groups is 1. The Morgan fingerprint density at radius 2 is 2.04 bits per heavy atom. The number of anilines is 1. The van der Waals surface area contributed by atoms with Crippen LogP contribution < -0.4 is 10.3 Å². The number of carbonyl (C=O) groups excluding carboxylic acids is 1. The first-order valence-electron chi connectivity index (χ1n) is 8.69. The minimum Gasteiger partial charge on any atom is -0.507 e. The third kappa shape index (κ3) is 3.89. The molecule has 0 fully saturated rings. The summed E-state index contributed by atoms with van der Waals surface area (Å²) in [6.45, 7) is 6.15. The number of hydrogen-bond acceptors (Lipinski definition) is 4. The van der Waals surface area contributed by atoms with Crippen LogP contribution in [0.15, 0.2) is 41.5 Å². The van der Waals surface area contributed by atoms with Gasteiger partial charge in [-0.1, -0.05) is 6.08 Å². The molecule has 2 aromatic rings. The van der Waals surface area contributed by atoms with E-state index in [-0.39, 0.29) is 22.4 Å². The molecule has 0 radical (unpaired) electrons. The monoisotopic (exact) mass is 493 g/mol. The van der Waals surface area contributed by atoms with Gasteiger partial charge in [0.1, 0.15) is 11.6 Å². The van der Waals surface area contributed by atoms with Crippen molar-refractivity contribution in [2.75, 3.05) is 11.9 Å². The van der Waals surface area contributed by atoms with Gasteiger partial charge >= 0.3 is 0 Å². The summed E-state index contributed by atoms with van der Waals surface area (Å²) >= 11 is 1.97. The van der Waals surface area contributed by atoms with Crippen molar-refractivity contribution in [1.82, 2.24) is 5.43 Å². The summed E-state index contributed by atoms with van der Waals surface area (Å²) in [5, 5.41) is 13.6. The average molecular weight is 493 g/mol. The predicted molar refractivity (Wildman–Crippen MR) is 118 cm³/mol. The lowest BCUT2D eigenvalue weighted by molar-refractivity contribution is 0.0954. The molecule has 28 heavy (non-hydrogen) atoms. The van der Waals surface area contributed by atoms with Crippen molar-refractivity contribution < 1.29 is 14.3 Å². The number of aromatic hydroxyl groups is 1. The lowest BCUT2D eigenvalue weighted by Gasteiger charge is -2.40. The van der Waals surface area contributed by atoms with Crippen molar-refractivity contribution in [3.8, 4) is 5.75 Å². The first kappa shape index (κ1) is 20.3. The lowest BCUT2D eigenvalue weighted by Crippen LogP contribution is -2.42. The highest BCUT2D eigenvalue weighted by molar-refractivity contribution is 14.1. The Hall–Kier alpha value is -2.42. The van der Waals surface area contributed by atoms with Gasteiger partial charge in [-0.15, -0.1) is 0 Å². The fraction of sp³-hybridized carbons (Fsp3) is 0.238. The predicted octanol–water partition coefficient (Wildman–Crippen LogP) is 4.53. The number of nitrogens with zero attached hydrogens (tertiary/aromatic N) is 2. The van der Waals surface area contributed by atoms with E-state index in [0.717, 1.165) is 16.8 Å². The largest absolute Gasteiger partial charge is 0.507 e. The van der Waals surface area contributed by atoms with Crippen molar-refractivity contribution in [2.45, 2.75) is 26.3 Å². The molecule has 2 aromatic carbocycles. The summed E-state index contributed by atoms with van der Waals surface area (Å²) in [7, 11) is 1.94. The van der Waals surface area contributed by atoms with Crippen molar-refractivity contribution in [1.29, 1.82) is 0 Å². The quantitative estimate of drug-likeness (QED) is 0.375.